The number of benzene rings is 1. The molecule has 3 heterocycles. The Morgan fingerprint density at radius 1 is 1.12 bits per heavy atom. The molecule has 1 aromatic heterocycles. The summed E-state index contributed by atoms with van der Waals surface area (Å²) in [6, 6.07) is 7.66. The first-order valence-corrected chi connectivity index (χ1v) is 14.0. The van der Waals surface area contributed by atoms with E-state index in [0.717, 1.165) is 36.9 Å². The number of anilines is 2. The van der Waals surface area contributed by atoms with Crippen molar-refractivity contribution in [2.45, 2.75) is 18.8 Å². The summed E-state index contributed by atoms with van der Waals surface area (Å²) in [7, 11) is -3.17. The van der Waals surface area contributed by atoms with Crippen molar-refractivity contribution in [2.75, 3.05) is 62.3 Å². The van der Waals surface area contributed by atoms with Gasteiger partial charge in [-0.2, -0.15) is 0 Å². The molecule has 0 unspecified atom stereocenters. The maximum atomic E-state index is 13.0. The number of nitrogens with zero attached hydrogens (tertiary/aromatic N) is 4. The Morgan fingerprint density at radius 2 is 1.79 bits per heavy atom. The van der Waals surface area contributed by atoms with Crippen LogP contribution < -0.4 is 16.0 Å². The molecule has 4 rings (SSSR count). The van der Waals surface area contributed by atoms with Crippen molar-refractivity contribution in [3.63, 3.8) is 0 Å². The average molecular weight is 507 g/mol. The van der Waals surface area contributed by atoms with Crippen LogP contribution in [0.15, 0.2) is 29.6 Å². The molecule has 2 aromatic rings. The third kappa shape index (κ3) is 5.93. The molecule has 2 amide bonds. The van der Waals surface area contributed by atoms with Crippen LogP contribution in [0.25, 0.3) is 0 Å². The highest BCUT2D eigenvalue weighted by atomic mass is 32.2. The van der Waals surface area contributed by atoms with Gasteiger partial charge in [-0.1, -0.05) is 12.1 Å². The first-order chi connectivity index (χ1) is 16.2. The van der Waals surface area contributed by atoms with Crippen LogP contribution in [-0.4, -0.2) is 86.5 Å². The van der Waals surface area contributed by atoms with E-state index in [9.17, 15) is 18.0 Å². The van der Waals surface area contributed by atoms with Gasteiger partial charge in [0.05, 0.1) is 29.2 Å². The molecular weight excluding hydrogens is 476 g/mol. The largest absolute Gasteiger partial charge is 0.369 e. The molecule has 0 aliphatic carbocycles. The van der Waals surface area contributed by atoms with Crippen LogP contribution >= 0.6 is 11.3 Å². The minimum Gasteiger partial charge on any atom is -0.369 e. The fourth-order valence-corrected chi connectivity index (χ4v) is 6.27. The number of rotatable bonds is 7. The third-order valence-corrected chi connectivity index (χ3v) is 8.58. The highest BCUT2D eigenvalue weighted by Gasteiger charge is 2.28. The summed E-state index contributed by atoms with van der Waals surface area (Å²) in [5, 5.41) is 5.63. The van der Waals surface area contributed by atoms with Crippen molar-refractivity contribution in [2.24, 2.45) is 5.73 Å². The Morgan fingerprint density at radius 3 is 2.44 bits per heavy atom. The van der Waals surface area contributed by atoms with Gasteiger partial charge in [0.15, 0.2) is 0 Å². The highest BCUT2D eigenvalue weighted by molar-refractivity contribution is 7.88. The lowest BCUT2D eigenvalue weighted by Gasteiger charge is -2.36. The molecule has 12 heteroatoms. The van der Waals surface area contributed by atoms with Gasteiger partial charge in [0.1, 0.15) is 5.69 Å². The summed E-state index contributed by atoms with van der Waals surface area (Å²) >= 11 is 1.45. The molecule has 0 bridgehead atoms. The number of carbonyl (C=O) groups excluding carboxylic acids is 2. The maximum absolute atomic E-state index is 13.0. The number of carbonyl (C=O) groups is 2. The SMILES string of the molecule is CS(=O)(=O)N1CCC(c2nc(C(=O)Nc3ccccc3N3CCN(CC(N)=O)CC3)cs2)CC1. The van der Waals surface area contributed by atoms with E-state index in [4.69, 9.17) is 5.73 Å². The molecular formula is C22H30N6O4S2. The van der Waals surface area contributed by atoms with Crippen LogP contribution in [0, 0.1) is 0 Å². The van der Waals surface area contributed by atoms with E-state index < -0.39 is 10.0 Å². The van der Waals surface area contributed by atoms with Crippen LogP contribution in [0.4, 0.5) is 11.4 Å². The number of hydrogen-bond acceptors (Lipinski definition) is 8. The standard InChI is InChI=1S/C22H30N6O4S2/c1-34(31,32)28-8-6-16(7-9-28)22-25-18(15-33-22)21(30)24-17-4-2-3-5-19(17)27-12-10-26(11-13-27)14-20(23)29/h2-5,15-16H,6-14H2,1H3,(H2,23,29)(H,24,30). The number of sulfonamides is 1. The second-order valence-electron chi connectivity index (χ2n) is 8.71. The van der Waals surface area contributed by atoms with Gasteiger partial charge in [-0.15, -0.1) is 11.3 Å². The molecule has 0 radical (unpaired) electrons. The average Bonchev–Trinajstić information content (AvgIpc) is 3.30. The van der Waals surface area contributed by atoms with Gasteiger partial charge in [-0.05, 0) is 25.0 Å². The number of amides is 2. The van der Waals surface area contributed by atoms with Crippen LogP contribution in [0.1, 0.15) is 34.3 Å². The minimum atomic E-state index is -3.17. The van der Waals surface area contributed by atoms with Gasteiger partial charge in [-0.3, -0.25) is 14.5 Å². The number of para-hydroxylation sites is 2. The van der Waals surface area contributed by atoms with Gasteiger partial charge in [0.25, 0.3) is 5.91 Å². The number of hydrogen-bond donors (Lipinski definition) is 2. The number of aromatic nitrogens is 1. The second-order valence-corrected chi connectivity index (χ2v) is 11.6. The number of thiazole rings is 1. The summed E-state index contributed by atoms with van der Waals surface area (Å²) in [5.74, 6) is -0.436. The number of nitrogens with two attached hydrogens (primary N) is 1. The van der Waals surface area contributed by atoms with Crippen LogP contribution in [-0.2, 0) is 14.8 Å². The zero-order valence-corrected chi connectivity index (χ0v) is 20.8. The second kappa shape index (κ2) is 10.4. The molecule has 2 saturated heterocycles. The van der Waals surface area contributed by atoms with Crippen LogP contribution in [0.2, 0.25) is 0 Å². The molecule has 10 nitrogen and oxygen atoms in total. The summed E-state index contributed by atoms with van der Waals surface area (Å²) in [6.45, 7) is 4.11. The molecule has 3 N–H and O–H groups in total. The van der Waals surface area contributed by atoms with Crippen molar-refractivity contribution in [3.8, 4) is 0 Å². The van der Waals surface area contributed by atoms with Crippen LogP contribution in [0.3, 0.4) is 0 Å². The lowest BCUT2D eigenvalue weighted by atomic mass is 9.99. The number of nitrogens with one attached hydrogen (secondary N) is 1. The molecule has 0 saturated carbocycles. The fraction of sp³-hybridized carbons (Fsp3) is 0.500. The Kier molecular flexibility index (Phi) is 7.51. The molecule has 0 spiro atoms. The Bertz CT molecular complexity index is 1140. The van der Waals surface area contributed by atoms with E-state index in [1.54, 1.807) is 5.38 Å². The summed E-state index contributed by atoms with van der Waals surface area (Å²) in [6.07, 6.45) is 2.64. The summed E-state index contributed by atoms with van der Waals surface area (Å²) in [4.78, 5) is 32.9. The first kappa shape index (κ1) is 24.6. The normalized spacial score (nSPS) is 18.7. The van der Waals surface area contributed by atoms with E-state index >= 15 is 0 Å². The van der Waals surface area contributed by atoms with E-state index in [0.29, 0.717) is 37.3 Å². The smallest absolute Gasteiger partial charge is 0.275 e. The molecule has 184 valence electrons. The van der Waals surface area contributed by atoms with Crippen molar-refractivity contribution >= 4 is 44.5 Å². The number of piperazine rings is 1. The first-order valence-electron chi connectivity index (χ1n) is 11.3. The van der Waals surface area contributed by atoms with Crippen molar-refractivity contribution in [3.05, 3.63) is 40.3 Å². The van der Waals surface area contributed by atoms with E-state index in [2.05, 4.69) is 15.2 Å². The lowest BCUT2D eigenvalue weighted by molar-refractivity contribution is -0.119. The molecule has 0 atom stereocenters. The van der Waals surface area contributed by atoms with E-state index in [1.165, 1.54) is 21.9 Å². The molecule has 34 heavy (non-hydrogen) atoms. The monoisotopic (exact) mass is 506 g/mol. The van der Waals surface area contributed by atoms with Crippen LogP contribution in [0.5, 0.6) is 0 Å². The Hall–Kier alpha value is -2.54. The molecule has 1 aromatic carbocycles. The minimum absolute atomic E-state index is 0.161. The van der Waals surface area contributed by atoms with Gasteiger partial charge in [0.2, 0.25) is 15.9 Å². The van der Waals surface area contributed by atoms with Gasteiger partial charge < -0.3 is 16.0 Å². The predicted octanol–water partition coefficient (Wildman–Crippen LogP) is 1.14. The predicted molar refractivity (Wildman–Crippen MR) is 133 cm³/mol. The summed E-state index contributed by atoms with van der Waals surface area (Å²) < 4.78 is 25.0. The highest BCUT2D eigenvalue weighted by Crippen LogP contribution is 2.32. The third-order valence-electron chi connectivity index (χ3n) is 6.27. The van der Waals surface area contributed by atoms with Gasteiger partial charge >= 0.3 is 0 Å². The quantitative estimate of drug-likeness (QED) is 0.576. The van der Waals surface area contributed by atoms with E-state index in [1.807, 2.05) is 29.2 Å². The van der Waals surface area contributed by atoms with Crippen molar-refractivity contribution in [1.29, 1.82) is 0 Å². The number of piperidine rings is 1. The topological polar surface area (TPSA) is 129 Å². The maximum Gasteiger partial charge on any atom is 0.275 e. The zero-order chi connectivity index (χ0) is 24.3. The van der Waals surface area contributed by atoms with Gasteiger partial charge in [-0.25, -0.2) is 17.7 Å². The fourth-order valence-electron chi connectivity index (χ4n) is 4.42. The van der Waals surface area contributed by atoms with E-state index in [-0.39, 0.29) is 24.3 Å². The molecule has 2 fully saturated rings. The summed E-state index contributed by atoms with van der Waals surface area (Å²) in [5.41, 5.74) is 7.31. The molecule has 2 aliphatic rings. The Labute approximate surface area is 203 Å². The zero-order valence-electron chi connectivity index (χ0n) is 19.1. The lowest BCUT2D eigenvalue weighted by Crippen LogP contribution is -2.49. The van der Waals surface area contributed by atoms with Gasteiger partial charge in [0, 0.05) is 50.6 Å². The Balaban J connectivity index is 1.38. The van der Waals surface area contributed by atoms with Crippen molar-refractivity contribution in [1.82, 2.24) is 14.2 Å². The van der Waals surface area contributed by atoms with Crippen molar-refractivity contribution < 1.29 is 18.0 Å². The molecule has 2 aliphatic heterocycles. The number of primary amides is 1.